The summed E-state index contributed by atoms with van der Waals surface area (Å²) in [5.74, 6) is -0.618. The van der Waals surface area contributed by atoms with Gasteiger partial charge in [-0.2, -0.15) is 0 Å². The Bertz CT molecular complexity index is 1800. The summed E-state index contributed by atoms with van der Waals surface area (Å²) in [6.07, 6.45) is 83.2. The molecule has 0 saturated heterocycles. The first-order valence-electron chi connectivity index (χ1n) is 32.8. The maximum atomic E-state index is 13.5. The zero-order chi connectivity index (χ0) is 59.3. The van der Waals surface area contributed by atoms with E-state index in [2.05, 4.69) is 135 Å². The number of amides is 1. The van der Waals surface area contributed by atoms with Gasteiger partial charge in [0.25, 0.3) is 7.82 Å². The lowest BCUT2D eigenvalue weighted by Crippen LogP contribution is -2.47. The molecule has 0 aromatic heterocycles. The van der Waals surface area contributed by atoms with Gasteiger partial charge in [-0.1, -0.05) is 258 Å². The van der Waals surface area contributed by atoms with Gasteiger partial charge in [0.05, 0.1) is 33.8 Å². The standard InChI is InChI=1S/C71H123N2O7P/c1-7-10-13-16-19-22-25-28-30-32-33-34-35-36-37-38-39-41-43-46-49-52-55-58-61-64-71(75)80-69(62-59-56-53-50-47-44-27-24-21-18-15-12-9-3)68(67-79-81(76,77)78-66-65-73(4,5)6)72-70(74)63-60-57-54-51-48-45-42-40-31-29-26-23-20-17-14-11-8-2/h10,13,19-20,22-23,28-31,33-34,36-37,42,45,51,54,59,62,68-69H,7-9,11-12,14-18,21,24-27,32,35,38-41,43-44,46-50,52-53,55-58,60-61,63-67H2,1-6H3,(H-,72,74,76,77)/b13-10-,22-19-,23-20-,30-28-,31-29-,34-33-,37-36-,45-42-,54-51-,62-59-. The topological polar surface area (TPSA) is 114 Å². The van der Waals surface area contributed by atoms with E-state index in [0.717, 1.165) is 103 Å². The van der Waals surface area contributed by atoms with E-state index in [9.17, 15) is 19.0 Å². The molecule has 0 spiro atoms. The summed E-state index contributed by atoms with van der Waals surface area (Å²) < 4.78 is 30.3. The van der Waals surface area contributed by atoms with Crippen LogP contribution in [0.1, 0.15) is 265 Å². The number of phosphoric acid groups is 1. The maximum Gasteiger partial charge on any atom is 0.306 e. The van der Waals surface area contributed by atoms with Crippen LogP contribution in [0.4, 0.5) is 0 Å². The molecule has 0 saturated carbocycles. The number of unbranched alkanes of at least 4 members (excludes halogenated alkanes) is 24. The van der Waals surface area contributed by atoms with Crippen LogP contribution >= 0.6 is 7.82 Å². The number of allylic oxidation sites excluding steroid dienone is 19. The van der Waals surface area contributed by atoms with Crippen molar-refractivity contribution < 1.29 is 37.3 Å². The van der Waals surface area contributed by atoms with E-state index in [1.807, 2.05) is 33.3 Å². The Hall–Kier alpha value is -3.59. The highest BCUT2D eigenvalue weighted by molar-refractivity contribution is 7.45. The first-order chi connectivity index (χ1) is 39.4. The number of phosphoric ester groups is 1. The molecular formula is C71H123N2O7P. The monoisotopic (exact) mass is 1150 g/mol. The lowest BCUT2D eigenvalue weighted by Gasteiger charge is -2.30. The van der Waals surface area contributed by atoms with Crippen molar-refractivity contribution >= 4 is 19.7 Å². The van der Waals surface area contributed by atoms with Gasteiger partial charge in [-0.05, 0) is 115 Å². The summed E-state index contributed by atoms with van der Waals surface area (Å²) in [4.78, 5) is 40.1. The summed E-state index contributed by atoms with van der Waals surface area (Å²) in [5.41, 5.74) is 0. The molecular weight excluding hydrogens is 1020 g/mol. The number of hydrogen-bond donors (Lipinski definition) is 1. The van der Waals surface area contributed by atoms with Crippen molar-refractivity contribution in [3.05, 3.63) is 122 Å². The third-order valence-corrected chi connectivity index (χ3v) is 14.8. The quantitative estimate of drug-likeness (QED) is 0.0212. The fraction of sp³-hybridized carbons (Fsp3) is 0.690. The predicted octanol–water partition coefficient (Wildman–Crippen LogP) is 20.0. The highest BCUT2D eigenvalue weighted by Crippen LogP contribution is 2.38. The summed E-state index contributed by atoms with van der Waals surface area (Å²) in [6, 6.07) is -0.928. The van der Waals surface area contributed by atoms with E-state index in [0.29, 0.717) is 23.9 Å². The Morgan fingerprint density at radius 1 is 0.444 bits per heavy atom. The zero-order valence-electron chi connectivity index (χ0n) is 52.9. The smallest absolute Gasteiger partial charge is 0.306 e. The second-order valence-electron chi connectivity index (χ2n) is 22.9. The molecule has 0 rings (SSSR count). The Morgan fingerprint density at radius 2 is 0.802 bits per heavy atom. The van der Waals surface area contributed by atoms with Crippen molar-refractivity contribution in [2.24, 2.45) is 0 Å². The third kappa shape index (κ3) is 60.8. The van der Waals surface area contributed by atoms with Crippen LogP contribution in [0.15, 0.2) is 122 Å². The molecule has 0 heterocycles. The number of rotatable bonds is 58. The van der Waals surface area contributed by atoms with Crippen LogP contribution in [-0.2, 0) is 27.9 Å². The molecule has 0 radical (unpaired) electrons. The number of carbonyl (C=O) groups is 2. The fourth-order valence-corrected chi connectivity index (χ4v) is 9.56. The molecule has 3 atom stereocenters. The summed E-state index contributed by atoms with van der Waals surface area (Å²) in [5, 5.41) is 3.00. The van der Waals surface area contributed by atoms with Crippen LogP contribution in [0.3, 0.4) is 0 Å². The fourth-order valence-electron chi connectivity index (χ4n) is 8.83. The molecule has 0 aromatic rings. The zero-order valence-corrected chi connectivity index (χ0v) is 53.8. The van der Waals surface area contributed by atoms with Gasteiger partial charge in [0.15, 0.2) is 0 Å². The van der Waals surface area contributed by atoms with Crippen molar-refractivity contribution in [2.45, 2.75) is 277 Å². The lowest BCUT2D eigenvalue weighted by molar-refractivity contribution is -0.870. The van der Waals surface area contributed by atoms with Crippen LogP contribution < -0.4 is 10.2 Å². The number of esters is 1. The van der Waals surface area contributed by atoms with Crippen molar-refractivity contribution in [1.29, 1.82) is 0 Å². The van der Waals surface area contributed by atoms with Gasteiger partial charge in [-0.25, -0.2) is 0 Å². The van der Waals surface area contributed by atoms with Crippen LogP contribution in [0.5, 0.6) is 0 Å². The number of carbonyl (C=O) groups excluding carboxylic acids is 2. The molecule has 1 amide bonds. The van der Waals surface area contributed by atoms with E-state index in [1.165, 1.54) is 116 Å². The van der Waals surface area contributed by atoms with E-state index in [-0.39, 0.29) is 31.3 Å². The average Bonchev–Trinajstić information content (AvgIpc) is 3.44. The van der Waals surface area contributed by atoms with E-state index >= 15 is 0 Å². The van der Waals surface area contributed by atoms with E-state index in [4.69, 9.17) is 13.8 Å². The maximum absolute atomic E-state index is 13.5. The molecule has 1 N–H and O–H groups in total. The lowest BCUT2D eigenvalue weighted by atomic mass is 10.0. The van der Waals surface area contributed by atoms with Gasteiger partial charge in [0.1, 0.15) is 19.3 Å². The molecule has 81 heavy (non-hydrogen) atoms. The largest absolute Gasteiger partial charge is 0.756 e. The van der Waals surface area contributed by atoms with Crippen molar-refractivity contribution in [2.75, 3.05) is 40.9 Å². The van der Waals surface area contributed by atoms with E-state index in [1.54, 1.807) is 0 Å². The Labute approximate surface area is 499 Å². The molecule has 0 fully saturated rings. The highest BCUT2D eigenvalue weighted by Gasteiger charge is 2.27. The molecule has 0 bridgehead atoms. The minimum atomic E-state index is -4.73. The molecule has 0 aliphatic heterocycles. The number of quaternary nitrogens is 1. The van der Waals surface area contributed by atoms with Crippen molar-refractivity contribution in [3.8, 4) is 0 Å². The summed E-state index contributed by atoms with van der Waals surface area (Å²) in [6.45, 7) is 6.65. The van der Waals surface area contributed by atoms with Gasteiger partial charge in [0, 0.05) is 12.8 Å². The molecule has 0 aliphatic rings. The molecule has 0 aliphatic carbocycles. The minimum absolute atomic E-state index is 0.0392. The Balaban J connectivity index is 5.27. The molecule has 464 valence electrons. The van der Waals surface area contributed by atoms with Gasteiger partial charge in [-0.3, -0.25) is 14.2 Å². The normalized spacial score (nSPS) is 14.4. The third-order valence-electron chi connectivity index (χ3n) is 13.9. The first-order valence-corrected chi connectivity index (χ1v) is 34.3. The Morgan fingerprint density at radius 3 is 1.23 bits per heavy atom. The summed E-state index contributed by atoms with van der Waals surface area (Å²) in [7, 11) is 1.13. The van der Waals surface area contributed by atoms with Gasteiger partial charge in [0.2, 0.25) is 5.91 Å². The molecule has 0 aromatic carbocycles. The number of nitrogens with zero attached hydrogens (tertiary/aromatic N) is 1. The first kappa shape index (κ1) is 77.4. The number of likely N-dealkylation sites (N-methyl/N-ethyl adjacent to an activating group) is 1. The Kier molecular flexibility index (Phi) is 56.9. The summed E-state index contributed by atoms with van der Waals surface area (Å²) >= 11 is 0. The van der Waals surface area contributed by atoms with Crippen molar-refractivity contribution in [1.82, 2.24) is 5.32 Å². The minimum Gasteiger partial charge on any atom is -0.756 e. The van der Waals surface area contributed by atoms with Gasteiger partial charge < -0.3 is 28.5 Å². The van der Waals surface area contributed by atoms with Gasteiger partial charge in [-0.15, -0.1) is 0 Å². The second-order valence-corrected chi connectivity index (χ2v) is 24.3. The molecule has 3 unspecified atom stereocenters. The second kappa shape index (κ2) is 59.6. The van der Waals surface area contributed by atoms with E-state index < -0.39 is 26.6 Å². The van der Waals surface area contributed by atoms with Crippen LogP contribution in [-0.4, -0.2) is 69.4 Å². The predicted molar refractivity (Wildman–Crippen MR) is 348 cm³/mol. The van der Waals surface area contributed by atoms with Gasteiger partial charge >= 0.3 is 5.97 Å². The molecule has 9 nitrogen and oxygen atoms in total. The van der Waals surface area contributed by atoms with Crippen LogP contribution in [0.2, 0.25) is 0 Å². The number of ether oxygens (including phenoxy) is 1. The number of hydrogen-bond acceptors (Lipinski definition) is 7. The van der Waals surface area contributed by atoms with Crippen LogP contribution in [0.25, 0.3) is 0 Å². The SMILES string of the molecule is CC/C=C\C/C=C\C/C=C\C/C=C\C/C=C\CCCCCCCCCCCC(=O)OC(/C=C\CCCCCCCCCCCCC)C(COP(=O)([O-])OCC[N+](C)(C)C)NC(=O)CCC/C=C\C/C=C\C/C=C\C/C=C\CCCCC. The van der Waals surface area contributed by atoms with Crippen molar-refractivity contribution in [3.63, 3.8) is 0 Å². The number of nitrogens with one attached hydrogen (secondary N) is 1. The van der Waals surface area contributed by atoms with Crippen LogP contribution in [0, 0.1) is 0 Å². The average molecular weight is 1150 g/mol. The highest BCUT2D eigenvalue weighted by atomic mass is 31.2. The molecule has 10 heteroatoms.